The minimum absolute atomic E-state index is 0.0546. The van der Waals surface area contributed by atoms with Crippen LogP contribution in [0.2, 0.25) is 0 Å². The number of nitrogens with zero attached hydrogens (tertiary/aromatic N) is 1. The summed E-state index contributed by atoms with van der Waals surface area (Å²) in [5.74, 6) is 0.694. The number of amides is 2. The van der Waals surface area contributed by atoms with Gasteiger partial charge >= 0.3 is 0 Å². The van der Waals surface area contributed by atoms with Crippen molar-refractivity contribution in [3.63, 3.8) is 0 Å². The summed E-state index contributed by atoms with van der Waals surface area (Å²) in [4.78, 5) is 28.1. The normalized spacial score (nSPS) is 10.2. The first-order chi connectivity index (χ1) is 11.7. The summed E-state index contributed by atoms with van der Waals surface area (Å²) < 4.78 is 0. The number of aromatic nitrogens is 1. The van der Waals surface area contributed by atoms with E-state index in [0.29, 0.717) is 25.1 Å². The van der Waals surface area contributed by atoms with Crippen molar-refractivity contribution in [3.8, 4) is 0 Å². The Morgan fingerprint density at radius 1 is 1.08 bits per heavy atom. The summed E-state index contributed by atoms with van der Waals surface area (Å²) in [6, 6.07) is 13.0. The molecule has 0 saturated heterocycles. The topological polar surface area (TPSA) is 71.1 Å². The highest BCUT2D eigenvalue weighted by Crippen LogP contribution is 2.15. The SMILES string of the molecule is CCSc1cc(C(=O)NCCNC(=O)Cc2ccccc2)ccn1. The molecule has 1 aromatic heterocycles. The Morgan fingerprint density at radius 2 is 1.83 bits per heavy atom. The van der Waals surface area contributed by atoms with Crippen LogP contribution in [0, 0.1) is 0 Å². The number of hydrogen-bond acceptors (Lipinski definition) is 4. The molecule has 0 unspecified atom stereocenters. The predicted octanol–water partition coefficient (Wildman–Crippen LogP) is 2.28. The van der Waals surface area contributed by atoms with Crippen LogP contribution in [-0.4, -0.2) is 35.6 Å². The van der Waals surface area contributed by atoms with E-state index in [1.807, 2.05) is 37.3 Å². The average molecular weight is 343 g/mol. The van der Waals surface area contributed by atoms with Crippen LogP contribution in [0.5, 0.6) is 0 Å². The van der Waals surface area contributed by atoms with Crippen molar-refractivity contribution in [2.45, 2.75) is 18.4 Å². The number of benzene rings is 1. The monoisotopic (exact) mass is 343 g/mol. The molecule has 6 heteroatoms. The van der Waals surface area contributed by atoms with Crippen molar-refractivity contribution in [1.29, 1.82) is 0 Å². The van der Waals surface area contributed by atoms with Crippen molar-refractivity contribution in [2.24, 2.45) is 0 Å². The first kappa shape index (κ1) is 18.0. The highest BCUT2D eigenvalue weighted by atomic mass is 32.2. The number of carbonyl (C=O) groups excluding carboxylic acids is 2. The van der Waals surface area contributed by atoms with Gasteiger partial charge in [0.05, 0.1) is 11.4 Å². The van der Waals surface area contributed by atoms with Crippen molar-refractivity contribution < 1.29 is 9.59 Å². The third-order valence-corrected chi connectivity index (χ3v) is 4.04. The lowest BCUT2D eigenvalue weighted by atomic mass is 10.1. The zero-order valence-corrected chi connectivity index (χ0v) is 14.4. The summed E-state index contributed by atoms with van der Waals surface area (Å²) in [6.07, 6.45) is 1.98. The lowest BCUT2D eigenvalue weighted by Crippen LogP contribution is -2.35. The van der Waals surface area contributed by atoms with Gasteiger partial charge in [-0.25, -0.2) is 4.98 Å². The maximum Gasteiger partial charge on any atom is 0.251 e. The van der Waals surface area contributed by atoms with Gasteiger partial charge < -0.3 is 10.6 Å². The van der Waals surface area contributed by atoms with E-state index in [2.05, 4.69) is 15.6 Å². The van der Waals surface area contributed by atoms with Crippen LogP contribution >= 0.6 is 11.8 Å². The zero-order valence-electron chi connectivity index (χ0n) is 13.6. The van der Waals surface area contributed by atoms with Gasteiger partial charge in [-0.2, -0.15) is 0 Å². The van der Waals surface area contributed by atoms with Crippen LogP contribution in [0.1, 0.15) is 22.8 Å². The van der Waals surface area contributed by atoms with Crippen LogP contribution < -0.4 is 10.6 Å². The second-order valence-corrected chi connectivity index (χ2v) is 6.37. The number of carbonyl (C=O) groups is 2. The molecule has 2 amide bonds. The number of nitrogens with one attached hydrogen (secondary N) is 2. The third-order valence-electron chi connectivity index (χ3n) is 3.23. The van der Waals surface area contributed by atoms with Crippen LogP contribution in [0.3, 0.4) is 0 Å². The quantitative estimate of drug-likeness (QED) is 0.570. The zero-order chi connectivity index (χ0) is 17.2. The summed E-state index contributed by atoms with van der Waals surface area (Å²) in [5.41, 5.74) is 1.55. The van der Waals surface area contributed by atoms with Crippen molar-refractivity contribution in [2.75, 3.05) is 18.8 Å². The van der Waals surface area contributed by atoms with Gasteiger partial charge in [0.25, 0.3) is 5.91 Å². The van der Waals surface area contributed by atoms with E-state index < -0.39 is 0 Å². The fourth-order valence-electron chi connectivity index (χ4n) is 2.10. The average Bonchev–Trinajstić information content (AvgIpc) is 2.60. The number of thioether (sulfide) groups is 1. The summed E-state index contributed by atoms with van der Waals surface area (Å²) in [7, 11) is 0. The standard InChI is InChI=1S/C18H21N3O2S/c1-2-24-17-13-15(8-9-20-17)18(23)21-11-10-19-16(22)12-14-6-4-3-5-7-14/h3-9,13H,2,10-12H2,1H3,(H,19,22)(H,21,23). The van der Waals surface area contributed by atoms with Gasteiger partial charge in [0.2, 0.25) is 5.91 Å². The van der Waals surface area contributed by atoms with Gasteiger partial charge in [0.1, 0.15) is 0 Å². The molecule has 1 heterocycles. The third kappa shape index (κ3) is 6.04. The van der Waals surface area contributed by atoms with Crippen LogP contribution in [0.15, 0.2) is 53.7 Å². The first-order valence-electron chi connectivity index (χ1n) is 7.86. The van der Waals surface area contributed by atoms with E-state index in [1.54, 1.807) is 30.1 Å². The van der Waals surface area contributed by atoms with Crippen LogP contribution in [-0.2, 0) is 11.2 Å². The molecule has 0 fully saturated rings. The molecule has 0 saturated carbocycles. The molecule has 24 heavy (non-hydrogen) atoms. The molecular formula is C18H21N3O2S. The second-order valence-electron chi connectivity index (χ2n) is 5.08. The van der Waals surface area contributed by atoms with E-state index in [4.69, 9.17) is 0 Å². The van der Waals surface area contributed by atoms with Gasteiger partial charge in [-0.15, -0.1) is 11.8 Å². The number of rotatable bonds is 8. The molecular weight excluding hydrogens is 322 g/mol. The lowest BCUT2D eigenvalue weighted by molar-refractivity contribution is -0.120. The van der Waals surface area contributed by atoms with E-state index in [1.165, 1.54) is 0 Å². The van der Waals surface area contributed by atoms with Gasteiger partial charge in [-0.1, -0.05) is 37.3 Å². The Balaban J connectivity index is 1.71. The smallest absolute Gasteiger partial charge is 0.251 e. The van der Waals surface area contributed by atoms with Gasteiger partial charge in [0, 0.05) is 24.8 Å². The molecule has 126 valence electrons. The van der Waals surface area contributed by atoms with Gasteiger partial charge in [-0.3, -0.25) is 9.59 Å². The van der Waals surface area contributed by atoms with Crippen molar-refractivity contribution >= 4 is 23.6 Å². The molecule has 2 N–H and O–H groups in total. The molecule has 1 aromatic carbocycles. The Hall–Kier alpha value is -2.34. The maximum atomic E-state index is 12.1. The highest BCUT2D eigenvalue weighted by molar-refractivity contribution is 7.99. The van der Waals surface area contributed by atoms with E-state index >= 15 is 0 Å². The molecule has 0 aliphatic rings. The van der Waals surface area contributed by atoms with Gasteiger partial charge in [-0.05, 0) is 23.4 Å². The van der Waals surface area contributed by atoms with E-state index in [-0.39, 0.29) is 11.8 Å². The second kappa shape index (κ2) is 9.72. The van der Waals surface area contributed by atoms with E-state index in [9.17, 15) is 9.59 Å². The number of pyridine rings is 1. The predicted molar refractivity (Wildman–Crippen MR) is 96.1 cm³/mol. The molecule has 0 bridgehead atoms. The molecule has 2 aromatic rings. The fourth-order valence-corrected chi connectivity index (χ4v) is 2.74. The largest absolute Gasteiger partial charge is 0.354 e. The molecule has 0 atom stereocenters. The molecule has 0 spiro atoms. The highest BCUT2D eigenvalue weighted by Gasteiger charge is 2.07. The summed E-state index contributed by atoms with van der Waals surface area (Å²) in [5, 5.41) is 6.43. The van der Waals surface area contributed by atoms with Crippen LogP contribution in [0.25, 0.3) is 0 Å². The molecule has 5 nitrogen and oxygen atoms in total. The minimum Gasteiger partial charge on any atom is -0.354 e. The fraction of sp³-hybridized carbons (Fsp3) is 0.278. The lowest BCUT2D eigenvalue weighted by Gasteiger charge is -2.08. The van der Waals surface area contributed by atoms with Crippen molar-refractivity contribution in [1.82, 2.24) is 15.6 Å². The Bertz CT molecular complexity index is 677. The molecule has 0 radical (unpaired) electrons. The van der Waals surface area contributed by atoms with Gasteiger partial charge in [0.15, 0.2) is 0 Å². The molecule has 0 aliphatic heterocycles. The summed E-state index contributed by atoms with van der Waals surface area (Å²) >= 11 is 1.59. The molecule has 2 rings (SSSR count). The summed E-state index contributed by atoms with van der Waals surface area (Å²) in [6.45, 7) is 2.83. The Kier molecular flexibility index (Phi) is 7.29. The van der Waals surface area contributed by atoms with Crippen molar-refractivity contribution in [3.05, 3.63) is 59.8 Å². The Morgan fingerprint density at radius 3 is 2.58 bits per heavy atom. The maximum absolute atomic E-state index is 12.1. The first-order valence-corrected chi connectivity index (χ1v) is 8.85. The van der Waals surface area contributed by atoms with E-state index in [0.717, 1.165) is 16.3 Å². The minimum atomic E-state index is -0.160. The Labute approximate surface area is 146 Å². The number of hydrogen-bond donors (Lipinski definition) is 2. The van der Waals surface area contributed by atoms with Crippen LogP contribution in [0.4, 0.5) is 0 Å². The molecule has 0 aliphatic carbocycles.